The fraction of sp³-hybridized carbons (Fsp3) is 0.0556. The quantitative estimate of drug-likeness (QED) is 0.602. The highest BCUT2D eigenvalue weighted by molar-refractivity contribution is 6.05. The van der Waals surface area contributed by atoms with Gasteiger partial charge in [0.2, 0.25) is 0 Å². The SMILES string of the molecule is Cc1cccc(-c2ccc(C=O)c3ccccc23)c1. The topological polar surface area (TPSA) is 17.1 Å². The van der Waals surface area contributed by atoms with Crippen molar-refractivity contribution in [2.45, 2.75) is 6.92 Å². The molecule has 0 aliphatic rings. The van der Waals surface area contributed by atoms with Gasteiger partial charge in [-0.25, -0.2) is 0 Å². The third-order valence-corrected chi connectivity index (χ3v) is 3.41. The number of fused-ring (bicyclic) bond motifs is 1. The lowest BCUT2D eigenvalue weighted by atomic mass is 9.95. The summed E-state index contributed by atoms with van der Waals surface area (Å²) in [5, 5.41) is 2.13. The lowest BCUT2D eigenvalue weighted by molar-refractivity contribution is 0.112. The number of aldehydes is 1. The highest BCUT2D eigenvalue weighted by Crippen LogP contribution is 2.30. The van der Waals surface area contributed by atoms with Crippen LogP contribution in [0.2, 0.25) is 0 Å². The number of aryl methyl sites for hydroxylation is 1. The summed E-state index contributed by atoms with van der Waals surface area (Å²) >= 11 is 0. The van der Waals surface area contributed by atoms with E-state index in [2.05, 4.69) is 37.3 Å². The first-order valence-corrected chi connectivity index (χ1v) is 6.33. The van der Waals surface area contributed by atoms with Crippen molar-refractivity contribution in [3.63, 3.8) is 0 Å². The first kappa shape index (κ1) is 11.7. The number of benzene rings is 3. The largest absolute Gasteiger partial charge is 0.298 e. The second kappa shape index (κ2) is 4.69. The van der Waals surface area contributed by atoms with Crippen molar-refractivity contribution in [3.05, 3.63) is 71.8 Å². The van der Waals surface area contributed by atoms with Gasteiger partial charge in [-0.15, -0.1) is 0 Å². The van der Waals surface area contributed by atoms with Gasteiger partial charge in [0, 0.05) is 5.56 Å². The molecule has 0 heterocycles. The third kappa shape index (κ3) is 2.04. The van der Waals surface area contributed by atoms with Crippen molar-refractivity contribution < 1.29 is 4.79 Å². The highest BCUT2D eigenvalue weighted by atomic mass is 16.1. The summed E-state index contributed by atoms with van der Waals surface area (Å²) in [7, 11) is 0. The van der Waals surface area contributed by atoms with E-state index in [1.807, 2.05) is 30.3 Å². The molecule has 1 nitrogen and oxygen atoms in total. The first-order valence-electron chi connectivity index (χ1n) is 6.33. The Morgan fingerprint density at radius 3 is 2.37 bits per heavy atom. The van der Waals surface area contributed by atoms with E-state index in [9.17, 15) is 4.79 Å². The van der Waals surface area contributed by atoms with E-state index in [0.29, 0.717) is 0 Å². The molecule has 19 heavy (non-hydrogen) atoms. The minimum Gasteiger partial charge on any atom is -0.298 e. The number of carbonyl (C=O) groups excluding carboxylic acids is 1. The van der Waals surface area contributed by atoms with Crippen LogP contribution < -0.4 is 0 Å². The van der Waals surface area contributed by atoms with E-state index < -0.39 is 0 Å². The maximum Gasteiger partial charge on any atom is 0.150 e. The van der Waals surface area contributed by atoms with Crippen molar-refractivity contribution in [3.8, 4) is 11.1 Å². The van der Waals surface area contributed by atoms with Crippen LogP contribution in [0.4, 0.5) is 0 Å². The standard InChI is InChI=1S/C18H14O/c1-13-5-4-6-14(11-13)17-10-9-15(12-19)16-7-2-3-8-18(16)17/h2-12H,1H3. The number of hydrogen-bond donors (Lipinski definition) is 0. The van der Waals surface area contributed by atoms with E-state index in [-0.39, 0.29) is 0 Å². The van der Waals surface area contributed by atoms with Crippen LogP contribution in [0.5, 0.6) is 0 Å². The summed E-state index contributed by atoms with van der Waals surface area (Å²) in [6.07, 6.45) is 0.919. The summed E-state index contributed by atoms with van der Waals surface area (Å²) in [6, 6.07) is 20.4. The molecule has 0 N–H and O–H groups in total. The number of hydrogen-bond acceptors (Lipinski definition) is 1. The smallest absolute Gasteiger partial charge is 0.150 e. The van der Waals surface area contributed by atoms with Crippen LogP contribution in [-0.4, -0.2) is 6.29 Å². The van der Waals surface area contributed by atoms with Gasteiger partial charge in [0.25, 0.3) is 0 Å². The Kier molecular flexibility index (Phi) is 2.88. The average Bonchev–Trinajstić information content (AvgIpc) is 2.46. The van der Waals surface area contributed by atoms with Crippen molar-refractivity contribution in [2.24, 2.45) is 0 Å². The molecule has 0 saturated carbocycles. The van der Waals surface area contributed by atoms with E-state index in [1.165, 1.54) is 16.7 Å². The van der Waals surface area contributed by atoms with Crippen molar-refractivity contribution in [1.29, 1.82) is 0 Å². The molecule has 0 aromatic heterocycles. The zero-order valence-electron chi connectivity index (χ0n) is 10.8. The summed E-state index contributed by atoms with van der Waals surface area (Å²) in [4.78, 5) is 11.1. The Bertz CT molecular complexity index is 756. The fourth-order valence-corrected chi connectivity index (χ4v) is 2.49. The first-order chi connectivity index (χ1) is 9.29. The fourth-order valence-electron chi connectivity index (χ4n) is 2.49. The minimum atomic E-state index is 0.743. The van der Waals surface area contributed by atoms with Gasteiger partial charge in [0.1, 0.15) is 0 Å². The predicted octanol–water partition coefficient (Wildman–Crippen LogP) is 4.63. The van der Waals surface area contributed by atoms with Crippen LogP contribution in [-0.2, 0) is 0 Å². The van der Waals surface area contributed by atoms with Crippen LogP contribution in [0.15, 0.2) is 60.7 Å². The maximum absolute atomic E-state index is 11.1. The van der Waals surface area contributed by atoms with E-state index in [0.717, 1.165) is 22.6 Å². The molecule has 1 heteroatoms. The molecule has 0 atom stereocenters. The molecule has 0 fully saturated rings. The Balaban J connectivity index is 2.34. The molecule has 0 spiro atoms. The molecule has 3 aromatic carbocycles. The van der Waals surface area contributed by atoms with Gasteiger partial charge < -0.3 is 0 Å². The lowest BCUT2D eigenvalue weighted by Crippen LogP contribution is -1.87. The summed E-state index contributed by atoms with van der Waals surface area (Å²) in [5.74, 6) is 0. The van der Waals surface area contributed by atoms with Gasteiger partial charge in [0.15, 0.2) is 6.29 Å². The van der Waals surface area contributed by atoms with Crippen LogP contribution in [0.1, 0.15) is 15.9 Å². The lowest BCUT2D eigenvalue weighted by Gasteiger charge is -2.09. The molecule has 3 aromatic rings. The van der Waals surface area contributed by atoms with Gasteiger partial charge in [-0.3, -0.25) is 4.79 Å². The minimum absolute atomic E-state index is 0.743. The Morgan fingerprint density at radius 1 is 0.842 bits per heavy atom. The number of rotatable bonds is 2. The van der Waals surface area contributed by atoms with E-state index >= 15 is 0 Å². The summed E-state index contributed by atoms with van der Waals surface area (Å²) in [6.45, 7) is 2.09. The maximum atomic E-state index is 11.1. The zero-order valence-corrected chi connectivity index (χ0v) is 10.8. The van der Waals surface area contributed by atoms with Crippen molar-refractivity contribution >= 4 is 17.1 Å². The molecule has 0 unspecified atom stereocenters. The van der Waals surface area contributed by atoms with Gasteiger partial charge in [-0.05, 0) is 28.8 Å². The second-order valence-corrected chi connectivity index (χ2v) is 4.74. The predicted molar refractivity (Wildman–Crippen MR) is 79.5 cm³/mol. The van der Waals surface area contributed by atoms with Crippen LogP contribution in [0.25, 0.3) is 21.9 Å². The molecule has 0 saturated heterocycles. The van der Waals surface area contributed by atoms with Gasteiger partial charge in [-0.1, -0.05) is 66.2 Å². The normalized spacial score (nSPS) is 10.6. The molecule has 0 radical (unpaired) electrons. The van der Waals surface area contributed by atoms with Gasteiger partial charge >= 0.3 is 0 Å². The summed E-state index contributed by atoms with van der Waals surface area (Å²) in [5.41, 5.74) is 4.34. The van der Waals surface area contributed by atoms with E-state index in [4.69, 9.17) is 0 Å². The molecular formula is C18H14O. The van der Waals surface area contributed by atoms with Crippen molar-refractivity contribution in [2.75, 3.05) is 0 Å². The molecule has 0 amide bonds. The summed E-state index contributed by atoms with van der Waals surface area (Å²) < 4.78 is 0. The van der Waals surface area contributed by atoms with Crippen LogP contribution >= 0.6 is 0 Å². The Labute approximate surface area is 112 Å². The highest BCUT2D eigenvalue weighted by Gasteiger charge is 2.06. The molecular weight excluding hydrogens is 232 g/mol. The van der Waals surface area contributed by atoms with Crippen molar-refractivity contribution in [1.82, 2.24) is 0 Å². The molecule has 0 aliphatic heterocycles. The monoisotopic (exact) mass is 246 g/mol. The van der Waals surface area contributed by atoms with Crippen LogP contribution in [0, 0.1) is 6.92 Å². The van der Waals surface area contributed by atoms with Gasteiger partial charge in [0.05, 0.1) is 0 Å². The molecule has 3 rings (SSSR count). The van der Waals surface area contributed by atoms with E-state index in [1.54, 1.807) is 0 Å². The molecule has 0 aliphatic carbocycles. The van der Waals surface area contributed by atoms with Gasteiger partial charge in [-0.2, -0.15) is 0 Å². The number of carbonyl (C=O) groups is 1. The average molecular weight is 246 g/mol. The van der Waals surface area contributed by atoms with Crippen LogP contribution in [0.3, 0.4) is 0 Å². The molecule has 92 valence electrons. The second-order valence-electron chi connectivity index (χ2n) is 4.74. The third-order valence-electron chi connectivity index (χ3n) is 3.41. The Morgan fingerprint density at radius 2 is 1.63 bits per heavy atom. The Hall–Kier alpha value is -2.41. The zero-order chi connectivity index (χ0) is 13.2. The molecule has 0 bridgehead atoms.